The minimum Gasteiger partial charge on any atom is -0.507 e. The van der Waals surface area contributed by atoms with Gasteiger partial charge in [-0.3, -0.25) is 0 Å². The molecule has 0 atom stereocenters. The van der Waals surface area contributed by atoms with Crippen LogP contribution in [-0.4, -0.2) is 15.2 Å². The van der Waals surface area contributed by atoms with Crippen molar-refractivity contribution in [2.24, 2.45) is 0 Å². The minimum absolute atomic E-state index is 0.0527. The molecule has 1 heterocycles. The second kappa shape index (κ2) is 4.53. The van der Waals surface area contributed by atoms with Crippen LogP contribution in [0.3, 0.4) is 0 Å². The molecular weight excluding hydrogens is 247 g/mol. The first-order valence-corrected chi connectivity index (χ1v) is 5.62. The Balaban J connectivity index is 2.03. The molecule has 0 aliphatic heterocycles. The summed E-state index contributed by atoms with van der Waals surface area (Å²) < 4.78 is 18.2. The van der Waals surface area contributed by atoms with Gasteiger partial charge in [0.1, 0.15) is 11.6 Å². The van der Waals surface area contributed by atoms with Crippen LogP contribution in [-0.2, 0) is 0 Å². The van der Waals surface area contributed by atoms with E-state index in [0.29, 0.717) is 11.1 Å². The molecule has 4 nitrogen and oxygen atoms in total. The molecule has 0 aliphatic carbocycles. The summed E-state index contributed by atoms with van der Waals surface area (Å²) in [5.74, 6) is 0.151. The fourth-order valence-electron chi connectivity index (χ4n) is 1.73. The van der Waals surface area contributed by atoms with E-state index >= 15 is 0 Å². The van der Waals surface area contributed by atoms with E-state index in [1.165, 1.54) is 18.2 Å². The van der Waals surface area contributed by atoms with Crippen molar-refractivity contribution in [3.8, 4) is 28.6 Å². The molecule has 94 valence electrons. The third-order valence-corrected chi connectivity index (χ3v) is 2.64. The third-order valence-electron chi connectivity index (χ3n) is 2.64. The van der Waals surface area contributed by atoms with Gasteiger partial charge in [0, 0.05) is 5.56 Å². The highest BCUT2D eigenvalue weighted by molar-refractivity contribution is 5.64. The fraction of sp³-hybridized carbons (Fsp3) is 0. The summed E-state index contributed by atoms with van der Waals surface area (Å²) in [6, 6.07) is 12.6. The minimum atomic E-state index is -0.369. The molecule has 3 aromatic rings. The van der Waals surface area contributed by atoms with Crippen LogP contribution in [0.5, 0.6) is 5.75 Å². The van der Waals surface area contributed by atoms with Crippen molar-refractivity contribution >= 4 is 0 Å². The quantitative estimate of drug-likeness (QED) is 0.764. The van der Waals surface area contributed by atoms with Crippen molar-refractivity contribution in [3.63, 3.8) is 0 Å². The lowest BCUT2D eigenvalue weighted by atomic mass is 10.2. The van der Waals surface area contributed by atoms with Gasteiger partial charge >= 0.3 is 0 Å². The lowest BCUT2D eigenvalue weighted by Gasteiger charge is -1.96. The number of hydrogen-bond acceptors (Lipinski definition) is 4. The van der Waals surface area contributed by atoms with Gasteiger partial charge in [0.15, 0.2) is 0 Å². The first kappa shape index (κ1) is 11.4. The summed E-state index contributed by atoms with van der Waals surface area (Å²) >= 11 is 0. The molecule has 0 aliphatic rings. The summed E-state index contributed by atoms with van der Waals surface area (Å²) in [5.41, 5.74) is 0.961. The Bertz CT molecular complexity index is 725. The van der Waals surface area contributed by atoms with E-state index in [0.717, 1.165) is 0 Å². The molecule has 0 saturated heterocycles. The van der Waals surface area contributed by atoms with E-state index in [-0.39, 0.29) is 23.3 Å². The highest BCUT2D eigenvalue weighted by atomic mass is 19.1. The van der Waals surface area contributed by atoms with Crippen LogP contribution in [0.4, 0.5) is 4.39 Å². The molecule has 3 rings (SSSR count). The summed E-state index contributed by atoms with van der Waals surface area (Å²) in [6.45, 7) is 0. The van der Waals surface area contributed by atoms with Crippen LogP contribution in [0.1, 0.15) is 0 Å². The van der Waals surface area contributed by atoms with Gasteiger partial charge in [0.2, 0.25) is 5.82 Å². The van der Waals surface area contributed by atoms with Crippen molar-refractivity contribution in [2.75, 3.05) is 0 Å². The number of hydrogen-bond donors (Lipinski definition) is 1. The topological polar surface area (TPSA) is 59.2 Å². The molecule has 5 heteroatoms. The molecule has 0 amide bonds. The Labute approximate surface area is 108 Å². The maximum absolute atomic E-state index is 13.1. The summed E-state index contributed by atoms with van der Waals surface area (Å²) in [5, 5.41) is 13.5. The summed E-state index contributed by atoms with van der Waals surface area (Å²) in [7, 11) is 0. The van der Waals surface area contributed by atoms with E-state index < -0.39 is 0 Å². The molecule has 19 heavy (non-hydrogen) atoms. The molecule has 0 radical (unpaired) electrons. The number of nitrogens with zero attached hydrogens (tertiary/aromatic N) is 2. The molecule has 1 aromatic heterocycles. The van der Waals surface area contributed by atoms with Crippen LogP contribution < -0.4 is 0 Å². The Hall–Kier alpha value is -2.69. The maximum Gasteiger partial charge on any atom is 0.261 e. The summed E-state index contributed by atoms with van der Waals surface area (Å²) in [4.78, 5) is 4.15. The Kier molecular flexibility index (Phi) is 2.72. The number of aromatic nitrogens is 2. The maximum atomic E-state index is 13.1. The first-order chi connectivity index (χ1) is 9.24. The van der Waals surface area contributed by atoms with Crippen LogP contribution in [0.15, 0.2) is 53.1 Å². The largest absolute Gasteiger partial charge is 0.507 e. The van der Waals surface area contributed by atoms with Crippen molar-refractivity contribution in [1.82, 2.24) is 10.1 Å². The number of phenolic OH excluding ortho intramolecular Hbond substituents is 1. The van der Waals surface area contributed by atoms with Crippen molar-refractivity contribution < 1.29 is 14.0 Å². The van der Waals surface area contributed by atoms with Gasteiger partial charge in [-0.25, -0.2) is 4.39 Å². The van der Waals surface area contributed by atoms with E-state index in [9.17, 15) is 9.50 Å². The van der Waals surface area contributed by atoms with Gasteiger partial charge in [-0.05, 0) is 24.3 Å². The number of para-hydroxylation sites is 1. The van der Waals surface area contributed by atoms with Gasteiger partial charge in [-0.1, -0.05) is 29.4 Å². The predicted molar refractivity (Wildman–Crippen MR) is 66.8 cm³/mol. The second-order valence-electron chi connectivity index (χ2n) is 3.95. The number of aromatic hydroxyl groups is 1. The molecule has 1 N–H and O–H groups in total. The molecule has 0 bridgehead atoms. The van der Waals surface area contributed by atoms with Gasteiger partial charge in [-0.2, -0.15) is 4.98 Å². The molecular formula is C14H9FN2O2. The fourth-order valence-corrected chi connectivity index (χ4v) is 1.73. The zero-order valence-electron chi connectivity index (χ0n) is 9.75. The number of benzene rings is 2. The number of phenols is 1. The monoisotopic (exact) mass is 256 g/mol. The highest BCUT2D eigenvalue weighted by Gasteiger charge is 2.13. The highest BCUT2D eigenvalue weighted by Crippen LogP contribution is 2.28. The van der Waals surface area contributed by atoms with Crippen molar-refractivity contribution in [1.29, 1.82) is 0 Å². The summed E-state index contributed by atoms with van der Waals surface area (Å²) in [6.07, 6.45) is 0. The van der Waals surface area contributed by atoms with Crippen LogP contribution in [0, 0.1) is 5.82 Å². The smallest absolute Gasteiger partial charge is 0.261 e. The molecule has 0 fully saturated rings. The second-order valence-corrected chi connectivity index (χ2v) is 3.95. The molecule has 0 saturated carbocycles. The third kappa shape index (κ3) is 2.18. The van der Waals surface area contributed by atoms with E-state index in [2.05, 4.69) is 10.1 Å². The normalized spacial score (nSPS) is 10.6. The number of rotatable bonds is 2. The van der Waals surface area contributed by atoms with Gasteiger partial charge in [0.05, 0.1) is 5.56 Å². The van der Waals surface area contributed by atoms with Crippen LogP contribution in [0.25, 0.3) is 22.8 Å². The van der Waals surface area contributed by atoms with Gasteiger partial charge in [-0.15, -0.1) is 0 Å². The van der Waals surface area contributed by atoms with E-state index in [1.54, 1.807) is 30.3 Å². The van der Waals surface area contributed by atoms with Crippen LogP contribution in [0.2, 0.25) is 0 Å². The molecule has 0 spiro atoms. The van der Waals surface area contributed by atoms with E-state index in [4.69, 9.17) is 4.52 Å². The molecule has 2 aromatic carbocycles. The van der Waals surface area contributed by atoms with Gasteiger partial charge < -0.3 is 9.63 Å². The van der Waals surface area contributed by atoms with Crippen LogP contribution >= 0.6 is 0 Å². The number of halogens is 1. The SMILES string of the molecule is Oc1ccccc1-c1nc(-c2cccc(F)c2)no1. The predicted octanol–water partition coefficient (Wildman–Crippen LogP) is 3.25. The zero-order chi connectivity index (χ0) is 13.2. The average Bonchev–Trinajstić information content (AvgIpc) is 2.89. The first-order valence-electron chi connectivity index (χ1n) is 5.62. The van der Waals surface area contributed by atoms with E-state index in [1.807, 2.05) is 0 Å². The Morgan fingerprint density at radius 2 is 1.89 bits per heavy atom. The standard InChI is InChI=1S/C14H9FN2O2/c15-10-5-3-4-9(8-10)13-16-14(19-17-13)11-6-1-2-7-12(11)18/h1-8,18H. The van der Waals surface area contributed by atoms with Crippen molar-refractivity contribution in [3.05, 3.63) is 54.3 Å². The van der Waals surface area contributed by atoms with Crippen molar-refractivity contribution in [2.45, 2.75) is 0 Å². The van der Waals surface area contributed by atoms with Gasteiger partial charge in [0.25, 0.3) is 5.89 Å². The lowest BCUT2D eigenvalue weighted by molar-refractivity contribution is 0.425. The average molecular weight is 256 g/mol. The Morgan fingerprint density at radius 3 is 2.68 bits per heavy atom. The Morgan fingerprint density at radius 1 is 1.05 bits per heavy atom. The molecule has 0 unspecified atom stereocenters. The zero-order valence-corrected chi connectivity index (χ0v) is 9.75. The lowest BCUT2D eigenvalue weighted by Crippen LogP contribution is -1.83.